The Kier molecular flexibility index (Phi) is 12.9. The molecule has 2 atom stereocenters. The molecule has 0 bridgehead atoms. The van der Waals surface area contributed by atoms with Crippen molar-refractivity contribution < 1.29 is 14.4 Å². The first-order chi connectivity index (χ1) is 8.79. The fourth-order valence-electron chi connectivity index (χ4n) is 1.51. The molecule has 112 valence electrons. The Bertz CT molecular complexity index is 282. The number of rotatable bonds is 8. The number of carbonyl (C=O) groups is 3. The molecule has 0 aliphatic rings. The summed E-state index contributed by atoms with van der Waals surface area (Å²) in [4.78, 5) is 32.3. The third kappa shape index (κ3) is 11.8. The van der Waals surface area contributed by atoms with Crippen LogP contribution in [0.3, 0.4) is 0 Å². The molecule has 0 amide bonds. The van der Waals surface area contributed by atoms with Gasteiger partial charge in [-0.2, -0.15) is 0 Å². The van der Waals surface area contributed by atoms with Crippen LogP contribution in [0.15, 0.2) is 0 Å². The van der Waals surface area contributed by atoms with Crippen LogP contribution in [-0.4, -0.2) is 17.3 Å². The maximum atomic E-state index is 11.0. The summed E-state index contributed by atoms with van der Waals surface area (Å²) in [5.41, 5.74) is 0. The minimum absolute atomic E-state index is 0.0592. The molecule has 19 heavy (non-hydrogen) atoms. The maximum absolute atomic E-state index is 11.0. The van der Waals surface area contributed by atoms with Gasteiger partial charge >= 0.3 is 0 Å². The Labute approximate surface area is 118 Å². The van der Waals surface area contributed by atoms with Crippen molar-refractivity contribution in [2.45, 2.75) is 73.6 Å². The van der Waals surface area contributed by atoms with E-state index in [0.717, 1.165) is 6.42 Å². The molecule has 0 saturated carbocycles. The van der Waals surface area contributed by atoms with Gasteiger partial charge in [-0.15, -0.1) is 0 Å². The van der Waals surface area contributed by atoms with E-state index < -0.39 is 0 Å². The Balaban J connectivity index is 0. The van der Waals surface area contributed by atoms with Crippen molar-refractivity contribution in [2.75, 3.05) is 0 Å². The highest BCUT2D eigenvalue weighted by Crippen LogP contribution is 2.08. The molecule has 0 saturated heterocycles. The predicted octanol–water partition coefficient (Wildman–Crippen LogP) is 3.98. The Morgan fingerprint density at radius 3 is 1.53 bits per heavy atom. The summed E-state index contributed by atoms with van der Waals surface area (Å²) in [6, 6.07) is 0. The quantitative estimate of drug-likeness (QED) is 0.670. The van der Waals surface area contributed by atoms with Crippen molar-refractivity contribution in [3.63, 3.8) is 0 Å². The first-order valence-electron chi connectivity index (χ1n) is 7.34. The van der Waals surface area contributed by atoms with Gasteiger partial charge in [0.15, 0.2) is 0 Å². The molecule has 0 heterocycles. The standard InChI is InChI=1S/C9H16O2.C7H14O/c1-4-9(11)7(2)5-6-8(3)10;1-4-6(3)7(8)5-2/h7H,4-6H2,1-3H3;6H,4-5H2,1-3H3. The van der Waals surface area contributed by atoms with Crippen LogP contribution in [0.25, 0.3) is 0 Å². The predicted molar refractivity (Wildman–Crippen MR) is 79.1 cm³/mol. The topological polar surface area (TPSA) is 51.2 Å². The summed E-state index contributed by atoms with van der Waals surface area (Å²) in [6.45, 7) is 11.2. The zero-order chi connectivity index (χ0) is 15.4. The van der Waals surface area contributed by atoms with Crippen LogP contribution in [0, 0.1) is 11.8 Å². The molecule has 0 aliphatic heterocycles. The molecule has 0 aromatic heterocycles. The van der Waals surface area contributed by atoms with E-state index in [1.165, 1.54) is 0 Å². The monoisotopic (exact) mass is 270 g/mol. The Morgan fingerprint density at radius 1 is 0.842 bits per heavy atom. The van der Waals surface area contributed by atoms with Gasteiger partial charge < -0.3 is 4.79 Å². The van der Waals surface area contributed by atoms with Gasteiger partial charge in [0.2, 0.25) is 0 Å². The lowest BCUT2D eigenvalue weighted by Gasteiger charge is -2.05. The third-order valence-corrected chi connectivity index (χ3v) is 3.34. The first kappa shape index (κ1) is 20.3. The summed E-state index contributed by atoms with van der Waals surface area (Å²) in [7, 11) is 0. The third-order valence-electron chi connectivity index (χ3n) is 3.34. The van der Waals surface area contributed by atoms with Gasteiger partial charge in [0.25, 0.3) is 0 Å². The lowest BCUT2D eigenvalue weighted by molar-refractivity contribution is -0.123. The van der Waals surface area contributed by atoms with Gasteiger partial charge in [0, 0.05) is 31.1 Å². The van der Waals surface area contributed by atoms with E-state index >= 15 is 0 Å². The van der Waals surface area contributed by atoms with Crippen molar-refractivity contribution in [2.24, 2.45) is 11.8 Å². The lowest BCUT2D eigenvalue weighted by atomic mass is 9.98. The molecule has 0 fully saturated rings. The van der Waals surface area contributed by atoms with Crippen LogP contribution in [-0.2, 0) is 14.4 Å². The molecule has 0 N–H and O–H groups in total. The molecular weight excluding hydrogens is 240 g/mol. The number of Topliss-reactive ketones (excluding diaryl/α,β-unsaturated/α-hetero) is 3. The molecule has 0 aromatic rings. The van der Waals surface area contributed by atoms with E-state index in [1.54, 1.807) is 6.92 Å². The smallest absolute Gasteiger partial charge is 0.135 e. The van der Waals surface area contributed by atoms with Gasteiger partial charge in [-0.05, 0) is 19.8 Å². The highest BCUT2D eigenvalue weighted by Gasteiger charge is 2.10. The minimum atomic E-state index is 0.0592. The summed E-state index contributed by atoms with van der Waals surface area (Å²) in [5, 5.41) is 0. The molecule has 0 spiro atoms. The van der Waals surface area contributed by atoms with Crippen molar-refractivity contribution in [3.05, 3.63) is 0 Å². The molecule has 0 aromatic carbocycles. The average Bonchev–Trinajstić information content (AvgIpc) is 2.42. The van der Waals surface area contributed by atoms with Crippen LogP contribution >= 0.6 is 0 Å². The fraction of sp³-hybridized carbons (Fsp3) is 0.812. The van der Waals surface area contributed by atoms with Crippen molar-refractivity contribution in [1.29, 1.82) is 0 Å². The van der Waals surface area contributed by atoms with Gasteiger partial charge in [-0.3, -0.25) is 9.59 Å². The van der Waals surface area contributed by atoms with Crippen LogP contribution in [0.2, 0.25) is 0 Å². The second-order valence-electron chi connectivity index (χ2n) is 5.09. The van der Waals surface area contributed by atoms with E-state index in [1.807, 2.05) is 34.6 Å². The molecule has 3 nitrogen and oxygen atoms in total. The molecule has 2 unspecified atom stereocenters. The van der Waals surface area contributed by atoms with E-state index in [0.29, 0.717) is 31.5 Å². The number of carbonyl (C=O) groups excluding carboxylic acids is 3. The van der Waals surface area contributed by atoms with Crippen molar-refractivity contribution in [1.82, 2.24) is 0 Å². The largest absolute Gasteiger partial charge is 0.300 e. The Hall–Kier alpha value is -0.990. The van der Waals surface area contributed by atoms with Crippen molar-refractivity contribution in [3.8, 4) is 0 Å². The molecular formula is C16H30O3. The number of hydrogen-bond acceptors (Lipinski definition) is 3. The van der Waals surface area contributed by atoms with E-state index in [-0.39, 0.29) is 23.4 Å². The van der Waals surface area contributed by atoms with Gasteiger partial charge in [0.1, 0.15) is 17.3 Å². The van der Waals surface area contributed by atoms with Crippen LogP contribution in [0.4, 0.5) is 0 Å². The Morgan fingerprint density at radius 2 is 1.26 bits per heavy atom. The van der Waals surface area contributed by atoms with Crippen molar-refractivity contribution >= 4 is 17.3 Å². The van der Waals surface area contributed by atoms with Gasteiger partial charge in [-0.1, -0.05) is 34.6 Å². The van der Waals surface area contributed by atoms with Crippen LogP contribution < -0.4 is 0 Å². The summed E-state index contributed by atoms with van der Waals surface area (Å²) < 4.78 is 0. The minimum Gasteiger partial charge on any atom is -0.300 e. The zero-order valence-corrected chi connectivity index (χ0v) is 13.4. The fourth-order valence-corrected chi connectivity index (χ4v) is 1.51. The van der Waals surface area contributed by atoms with Crippen LogP contribution in [0.1, 0.15) is 73.6 Å². The number of ketones is 3. The van der Waals surface area contributed by atoms with Gasteiger partial charge in [-0.25, -0.2) is 0 Å². The second-order valence-corrected chi connectivity index (χ2v) is 5.09. The normalized spacial score (nSPS) is 12.9. The highest BCUT2D eigenvalue weighted by atomic mass is 16.1. The van der Waals surface area contributed by atoms with Crippen LogP contribution in [0.5, 0.6) is 0 Å². The summed E-state index contributed by atoms with van der Waals surface area (Å²) in [5.74, 6) is 1.14. The second kappa shape index (κ2) is 12.1. The van der Waals surface area contributed by atoms with Gasteiger partial charge in [0.05, 0.1) is 0 Å². The lowest BCUT2D eigenvalue weighted by Crippen LogP contribution is -2.10. The van der Waals surface area contributed by atoms with E-state index in [2.05, 4.69) is 0 Å². The average molecular weight is 270 g/mol. The SMILES string of the molecule is CCC(=O)C(C)CC.CCC(=O)C(C)CCC(C)=O. The maximum Gasteiger partial charge on any atom is 0.135 e. The zero-order valence-electron chi connectivity index (χ0n) is 13.4. The molecule has 0 radical (unpaired) electrons. The highest BCUT2D eigenvalue weighted by molar-refractivity contribution is 5.81. The van der Waals surface area contributed by atoms with E-state index in [4.69, 9.17) is 0 Å². The first-order valence-corrected chi connectivity index (χ1v) is 7.34. The summed E-state index contributed by atoms with van der Waals surface area (Å²) in [6.07, 6.45) is 3.50. The van der Waals surface area contributed by atoms with E-state index in [9.17, 15) is 14.4 Å². The molecule has 0 rings (SSSR count). The number of hydrogen-bond donors (Lipinski definition) is 0. The molecule has 3 heteroatoms. The summed E-state index contributed by atoms with van der Waals surface area (Å²) >= 11 is 0. The molecule has 0 aliphatic carbocycles.